The standard InChI is InChI=1S/C10H12INO4/c11-5-1-2-12-6(3-5)10-9(15)8(14)7(4-13)16-10/h1-3,7-10,13-15H,4H2/t7-,8-,9-,10?/m1/s1. The van der Waals surface area contributed by atoms with Crippen LogP contribution in [-0.2, 0) is 4.74 Å². The first kappa shape index (κ1) is 12.2. The highest BCUT2D eigenvalue weighted by atomic mass is 127. The number of hydrogen-bond donors (Lipinski definition) is 3. The molecule has 16 heavy (non-hydrogen) atoms. The van der Waals surface area contributed by atoms with Crippen molar-refractivity contribution in [2.45, 2.75) is 24.4 Å². The van der Waals surface area contributed by atoms with Crippen molar-refractivity contribution in [3.8, 4) is 0 Å². The molecule has 88 valence electrons. The van der Waals surface area contributed by atoms with Crippen LogP contribution in [0.15, 0.2) is 18.3 Å². The Labute approximate surface area is 106 Å². The third kappa shape index (κ3) is 2.21. The summed E-state index contributed by atoms with van der Waals surface area (Å²) in [5, 5.41) is 28.3. The average Bonchev–Trinajstić information content (AvgIpc) is 2.56. The normalized spacial score (nSPS) is 34.2. The predicted octanol–water partition coefficient (Wildman–Crippen LogP) is -0.160. The van der Waals surface area contributed by atoms with E-state index in [-0.39, 0.29) is 6.61 Å². The van der Waals surface area contributed by atoms with Crippen molar-refractivity contribution in [2.75, 3.05) is 6.61 Å². The van der Waals surface area contributed by atoms with Gasteiger partial charge in [-0.15, -0.1) is 0 Å². The second-order valence-electron chi connectivity index (χ2n) is 3.66. The summed E-state index contributed by atoms with van der Waals surface area (Å²) in [5.41, 5.74) is 0.564. The van der Waals surface area contributed by atoms with Gasteiger partial charge in [-0.05, 0) is 34.7 Å². The summed E-state index contributed by atoms with van der Waals surface area (Å²) < 4.78 is 6.33. The van der Waals surface area contributed by atoms with Crippen molar-refractivity contribution in [1.82, 2.24) is 4.98 Å². The zero-order valence-corrected chi connectivity index (χ0v) is 10.5. The topological polar surface area (TPSA) is 82.8 Å². The van der Waals surface area contributed by atoms with Crippen LogP contribution >= 0.6 is 22.6 Å². The van der Waals surface area contributed by atoms with Crippen LogP contribution in [0.3, 0.4) is 0 Å². The maximum Gasteiger partial charge on any atom is 0.128 e. The van der Waals surface area contributed by atoms with Crippen molar-refractivity contribution in [2.24, 2.45) is 0 Å². The Morgan fingerprint density at radius 3 is 2.69 bits per heavy atom. The number of ether oxygens (including phenoxy) is 1. The maximum absolute atomic E-state index is 9.77. The first-order valence-electron chi connectivity index (χ1n) is 4.87. The fraction of sp³-hybridized carbons (Fsp3) is 0.500. The molecule has 0 bridgehead atoms. The van der Waals surface area contributed by atoms with E-state index in [0.717, 1.165) is 3.57 Å². The minimum Gasteiger partial charge on any atom is -0.394 e. The van der Waals surface area contributed by atoms with Gasteiger partial charge in [-0.2, -0.15) is 0 Å². The molecule has 1 aliphatic heterocycles. The van der Waals surface area contributed by atoms with E-state index in [1.165, 1.54) is 0 Å². The van der Waals surface area contributed by atoms with E-state index in [1.807, 2.05) is 6.07 Å². The van der Waals surface area contributed by atoms with Crippen LogP contribution in [0.25, 0.3) is 0 Å². The van der Waals surface area contributed by atoms with Crippen molar-refractivity contribution in [3.05, 3.63) is 27.6 Å². The zero-order valence-electron chi connectivity index (χ0n) is 8.32. The number of aliphatic hydroxyl groups excluding tert-OH is 3. The van der Waals surface area contributed by atoms with Crippen molar-refractivity contribution < 1.29 is 20.1 Å². The van der Waals surface area contributed by atoms with Gasteiger partial charge in [0, 0.05) is 9.77 Å². The third-order valence-electron chi connectivity index (χ3n) is 2.58. The fourth-order valence-corrected chi connectivity index (χ4v) is 2.20. The van der Waals surface area contributed by atoms with Gasteiger partial charge in [0.25, 0.3) is 0 Å². The molecule has 1 unspecified atom stereocenters. The second kappa shape index (κ2) is 4.92. The lowest BCUT2D eigenvalue weighted by atomic mass is 10.1. The van der Waals surface area contributed by atoms with Gasteiger partial charge in [0.15, 0.2) is 0 Å². The predicted molar refractivity (Wildman–Crippen MR) is 63.7 cm³/mol. The largest absolute Gasteiger partial charge is 0.394 e. The lowest BCUT2D eigenvalue weighted by molar-refractivity contribution is -0.0239. The van der Waals surface area contributed by atoms with Crippen LogP contribution in [0, 0.1) is 3.57 Å². The molecule has 1 aromatic rings. The lowest BCUT2D eigenvalue weighted by Gasteiger charge is -2.13. The van der Waals surface area contributed by atoms with Gasteiger partial charge in [0.05, 0.1) is 12.3 Å². The molecular weight excluding hydrogens is 325 g/mol. The van der Waals surface area contributed by atoms with Gasteiger partial charge in [-0.25, -0.2) is 0 Å². The molecule has 3 N–H and O–H groups in total. The highest BCUT2D eigenvalue weighted by Gasteiger charge is 2.43. The van der Waals surface area contributed by atoms with Crippen molar-refractivity contribution >= 4 is 22.6 Å². The molecule has 0 aromatic carbocycles. The highest BCUT2D eigenvalue weighted by molar-refractivity contribution is 14.1. The number of halogens is 1. The van der Waals surface area contributed by atoms with Crippen LogP contribution < -0.4 is 0 Å². The Hall–Kier alpha value is -0.280. The summed E-state index contributed by atoms with van der Waals surface area (Å²) in [6.45, 7) is -0.321. The summed E-state index contributed by atoms with van der Waals surface area (Å²) in [7, 11) is 0. The van der Waals surface area contributed by atoms with E-state index in [2.05, 4.69) is 27.6 Å². The molecule has 1 aliphatic rings. The number of pyridine rings is 1. The van der Waals surface area contributed by atoms with E-state index < -0.39 is 24.4 Å². The molecule has 1 fully saturated rings. The Kier molecular flexibility index (Phi) is 3.75. The number of aromatic nitrogens is 1. The summed E-state index contributed by atoms with van der Waals surface area (Å²) in [4.78, 5) is 4.09. The Balaban J connectivity index is 2.23. The quantitative estimate of drug-likeness (QED) is 0.654. The average molecular weight is 337 g/mol. The minimum atomic E-state index is -1.07. The molecule has 5 nitrogen and oxygen atoms in total. The first-order valence-corrected chi connectivity index (χ1v) is 5.95. The summed E-state index contributed by atoms with van der Waals surface area (Å²) >= 11 is 2.13. The number of aliphatic hydroxyl groups is 3. The van der Waals surface area contributed by atoms with Gasteiger partial charge in [0.1, 0.15) is 24.4 Å². The Morgan fingerprint density at radius 1 is 1.38 bits per heavy atom. The Bertz CT molecular complexity index is 376. The van der Waals surface area contributed by atoms with E-state index in [1.54, 1.807) is 12.3 Å². The molecule has 1 saturated heterocycles. The third-order valence-corrected chi connectivity index (χ3v) is 3.25. The molecule has 2 rings (SSSR count). The van der Waals surface area contributed by atoms with Crippen LogP contribution in [0.2, 0.25) is 0 Å². The monoisotopic (exact) mass is 337 g/mol. The molecule has 6 heteroatoms. The number of rotatable bonds is 2. The van der Waals surface area contributed by atoms with Crippen LogP contribution in [-0.4, -0.2) is 45.2 Å². The molecule has 0 aliphatic carbocycles. The second-order valence-corrected chi connectivity index (χ2v) is 4.90. The Morgan fingerprint density at radius 2 is 2.12 bits per heavy atom. The lowest BCUT2D eigenvalue weighted by Crippen LogP contribution is -2.32. The molecule has 2 heterocycles. The maximum atomic E-state index is 9.77. The van der Waals surface area contributed by atoms with Gasteiger partial charge in [-0.1, -0.05) is 0 Å². The van der Waals surface area contributed by atoms with E-state index >= 15 is 0 Å². The van der Waals surface area contributed by atoms with Gasteiger partial charge in [0.2, 0.25) is 0 Å². The van der Waals surface area contributed by atoms with Crippen molar-refractivity contribution in [1.29, 1.82) is 0 Å². The first-order chi connectivity index (χ1) is 7.63. The van der Waals surface area contributed by atoms with Crippen LogP contribution in [0.4, 0.5) is 0 Å². The smallest absolute Gasteiger partial charge is 0.128 e. The number of hydrogen-bond acceptors (Lipinski definition) is 5. The van der Waals surface area contributed by atoms with Crippen molar-refractivity contribution in [3.63, 3.8) is 0 Å². The van der Waals surface area contributed by atoms with E-state index in [4.69, 9.17) is 9.84 Å². The molecule has 0 spiro atoms. The van der Waals surface area contributed by atoms with E-state index in [0.29, 0.717) is 5.69 Å². The molecule has 1 aromatic heterocycles. The zero-order chi connectivity index (χ0) is 11.7. The molecule has 0 saturated carbocycles. The SMILES string of the molecule is OC[C@H]1OC(c2cc(I)ccn2)[C@H](O)[C@@H]1O. The number of nitrogens with zero attached hydrogens (tertiary/aromatic N) is 1. The highest BCUT2D eigenvalue weighted by Crippen LogP contribution is 2.32. The summed E-state index contributed by atoms with van der Waals surface area (Å²) in [5.74, 6) is 0. The minimum absolute atomic E-state index is 0.321. The van der Waals surface area contributed by atoms with E-state index in [9.17, 15) is 10.2 Å². The fourth-order valence-electron chi connectivity index (χ4n) is 1.72. The summed E-state index contributed by atoms with van der Waals surface area (Å²) in [6, 6.07) is 3.60. The van der Waals surface area contributed by atoms with Crippen LogP contribution in [0.1, 0.15) is 11.8 Å². The van der Waals surface area contributed by atoms with Gasteiger partial charge in [-0.3, -0.25) is 4.98 Å². The molecular formula is C10H12INO4. The molecule has 0 radical (unpaired) electrons. The van der Waals surface area contributed by atoms with Gasteiger partial charge >= 0.3 is 0 Å². The van der Waals surface area contributed by atoms with Gasteiger partial charge < -0.3 is 20.1 Å². The molecule has 4 atom stereocenters. The molecule has 0 amide bonds. The van der Waals surface area contributed by atoms with Crippen LogP contribution in [0.5, 0.6) is 0 Å². The summed E-state index contributed by atoms with van der Waals surface area (Å²) in [6.07, 6.45) is -1.94.